The lowest BCUT2D eigenvalue weighted by Crippen LogP contribution is -2.32. The number of likely N-dealkylation sites (tertiary alicyclic amines) is 1. The van der Waals surface area contributed by atoms with Gasteiger partial charge in [-0.25, -0.2) is 9.59 Å². The number of amides is 1. The first-order valence-electron chi connectivity index (χ1n) is 7.25. The second kappa shape index (κ2) is 7.53. The second-order valence-electron chi connectivity index (χ2n) is 5.18. The van der Waals surface area contributed by atoms with Crippen molar-refractivity contribution in [3.05, 3.63) is 39.4 Å². The molecule has 24 heavy (non-hydrogen) atoms. The average Bonchev–Trinajstić information content (AvgIpc) is 3.12. The van der Waals surface area contributed by atoms with Crippen molar-refractivity contribution in [3.8, 4) is 0 Å². The van der Waals surface area contributed by atoms with E-state index in [-0.39, 0.29) is 17.0 Å². The number of nitrogens with zero attached hydrogens (tertiary/aromatic N) is 2. The molecule has 1 aromatic rings. The molecule has 9 nitrogen and oxygen atoms in total. The van der Waals surface area contributed by atoms with Crippen molar-refractivity contribution in [1.82, 2.24) is 4.90 Å². The number of carbonyl (C=O) groups excluding carboxylic acids is 3. The number of ether oxygens (including phenoxy) is 2. The maximum Gasteiger partial charge on any atom is 0.338 e. The highest BCUT2D eigenvalue weighted by Gasteiger charge is 2.22. The fraction of sp³-hybridized carbons (Fsp3) is 0.400. The molecule has 0 aromatic heterocycles. The van der Waals surface area contributed by atoms with E-state index in [1.54, 1.807) is 4.90 Å². The van der Waals surface area contributed by atoms with E-state index in [2.05, 4.69) is 4.74 Å². The summed E-state index contributed by atoms with van der Waals surface area (Å²) in [4.78, 5) is 47.2. The van der Waals surface area contributed by atoms with Gasteiger partial charge in [0.15, 0.2) is 6.61 Å². The summed E-state index contributed by atoms with van der Waals surface area (Å²) in [7, 11) is 1.12. The van der Waals surface area contributed by atoms with Gasteiger partial charge in [-0.3, -0.25) is 14.9 Å². The Kier molecular flexibility index (Phi) is 5.46. The summed E-state index contributed by atoms with van der Waals surface area (Å²) in [5.74, 6) is -2.06. The zero-order chi connectivity index (χ0) is 17.7. The van der Waals surface area contributed by atoms with E-state index < -0.39 is 29.2 Å². The molecule has 0 spiro atoms. The van der Waals surface area contributed by atoms with Gasteiger partial charge in [-0.15, -0.1) is 0 Å². The molecule has 1 saturated heterocycles. The van der Waals surface area contributed by atoms with Crippen molar-refractivity contribution < 1.29 is 28.8 Å². The summed E-state index contributed by atoms with van der Waals surface area (Å²) in [5.41, 5.74) is -0.793. The summed E-state index contributed by atoms with van der Waals surface area (Å²) >= 11 is 0. The van der Waals surface area contributed by atoms with Crippen LogP contribution in [-0.2, 0) is 14.3 Å². The molecule has 0 unspecified atom stereocenters. The lowest BCUT2D eigenvalue weighted by Gasteiger charge is -2.15. The molecular formula is C15H16N2O7. The maximum absolute atomic E-state index is 12.0. The average molecular weight is 336 g/mol. The van der Waals surface area contributed by atoms with Crippen molar-refractivity contribution in [3.63, 3.8) is 0 Å². The van der Waals surface area contributed by atoms with Gasteiger partial charge in [0.05, 0.1) is 23.2 Å². The van der Waals surface area contributed by atoms with Crippen LogP contribution >= 0.6 is 0 Å². The molecular weight excluding hydrogens is 320 g/mol. The zero-order valence-corrected chi connectivity index (χ0v) is 13.0. The molecule has 1 fully saturated rings. The molecule has 2 rings (SSSR count). The standard InChI is InChI=1S/C15H16N2O7/c1-23-14(19)10-6-11(8-12(7-10)17(21)22)15(20)24-9-13(18)16-4-2-3-5-16/h6-8H,2-5,9H2,1H3. The monoisotopic (exact) mass is 336 g/mol. The van der Waals surface area contributed by atoms with E-state index in [9.17, 15) is 24.5 Å². The Labute approximate surface area is 137 Å². The molecule has 1 heterocycles. The van der Waals surface area contributed by atoms with Crippen LogP contribution in [0.15, 0.2) is 18.2 Å². The molecule has 128 valence electrons. The summed E-state index contributed by atoms with van der Waals surface area (Å²) in [5, 5.41) is 10.9. The van der Waals surface area contributed by atoms with Crippen LogP contribution in [0.1, 0.15) is 33.6 Å². The van der Waals surface area contributed by atoms with Crippen LogP contribution in [0.5, 0.6) is 0 Å². The number of benzene rings is 1. The molecule has 0 aliphatic carbocycles. The third-order valence-electron chi connectivity index (χ3n) is 3.57. The third kappa shape index (κ3) is 4.06. The van der Waals surface area contributed by atoms with E-state index in [4.69, 9.17) is 4.74 Å². The lowest BCUT2D eigenvalue weighted by atomic mass is 10.1. The number of nitro benzene ring substituents is 1. The van der Waals surface area contributed by atoms with E-state index in [1.807, 2.05) is 0 Å². The van der Waals surface area contributed by atoms with Gasteiger partial charge in [0.25, 0.3) is 11.6 Å². The largest absolute Gasteiger partial charge is 0.465 e. The zero-order valence-electron chi connectivity index (χ0n) is 13.0. The number of carbonyl (C=O) groups is 3. The third-order valence-corrected chi connectivity index (χ3v) is 3.57. The van der Waals surface area contributed by atoms with Crippen LogP contribution in [0.25, 0.3) is 0 Å². The second-order valence-corrected chi connectivity index (χ2v) is 5.18. The number of non-ortho nitro benzene ring substituents is 1. The van der Waals surface area contributed by atoms with Gasteiger partial charge in [0.1, 0.15) is 0 Å². The van der Waals surface area contributed by atoms with Crippen LogP contribution in [-0.4, -0.2) is 54.5 Å². The van der Waals surface area contributed by atoms with Gasteiger partial charge in [-0.2, -0.15) is 0 Å². The number of rotatable bonds is 5. The van der Waals surface area contributed by atoms with Crippen molar-refractivity contribution in [2.24, 2.45) is 0 Å². The Morgan fingerprint density at radius 1 is 1.12 bits per heavy atom. The van der Waals surface area contributed by atoms with E-state index in [1.165, 1.54) is 0 Å². The van der Waals surface area contributed by atoms with Crippen LogP contribution < -0.4 is 0 Å². The van der Waals surface area contributed by atoms with Crippen LogP contribution in [0.3, 0.4) is 0 Å². The molecule has 1 amide bonds. The highest BCUT2D eigenvalue weighted by Crippen LogP contribution is 2.19. The Balaban J connectivity index is 2.12. The maximum atomic E-state index is 12.0. The molecule has 0 N–H and O–H groups in total. The predicted octanol–water partition coefficient (Wildman–Crippen LogP) is 1.16. The van der Waals surface area contributed by atoms with Gasteiger partial charge in [0.2, 0.25) is 0 Å². The number of hydrogen-bond acceptors (Lipinski definition) is 7. The lowest BCUT2D eigenvalue weighted by molar-refractivity contribution is -0.384. The molecule has 1 aliphatic rings. The summed E-state index contributed by atoms with van der Waals surface area (Å²) < 4.78 is 9.40. The fourth-order valence-electron chi connectivity index (χ4n) is 2.34. The number of hydrogen-bond donors (Lipinski definition) is 0. The van der Waals surface area contributed by atoms with Crippen LogP contribution in [0.2, 0.25) is 0 Å². The minimum absolute atomic E-state index is 0.149. The van der Waals surface area contributed by atoms with Gasteiger partial charge < -0.3 is 14.4 Å². The first-order chi connectivity index (χ1) is 11.4. The predicted molar refractivity (Wildman–Crippen MR) is 80.5 cm³/mol. The first-order valence-corrected chi connectivity index (χ1v) is 7.25. The van der Waals surface area contributed by atoms with Crippen LogP contribution in [0.4, 0.5) is 5.69 Å². The highest BCUT2D eigenvalue weighted by molar-refractivity contribution is 5.97. The molecule has 0 saturated carbocycles. The van der Waals surface area contributed by atoms with Crippen molar-refractivity contribution in [2.45, 2.75) is 12.8 Å². The topological polar surface area (TPSA) is 116 Å². The van der Waals surface area contributed by atoms with Gasteiger partial charge in [0, 0.05) is 25.2 Å². The molecule has 1 aliphatic heterocycles. The molecule has 0 atom stereocenters. The van der Waals surface area contributed by atoms with Gasteiger partial charge in [-0.1, -0.05) is 0 Å². The molecule has 9 heteroatoms. The first kappa shape index (κ1) is 17.4. The molecule has 0 bridgehead atoms. The number of esters is 2. The Morgan fingerprint density at radius 3 is 2.25 bits per heavy atom. The minimum Gasteiger partial charge on any atom is -0.465 e. The van der Waals surface area contributed by atoms with Crippen molar-refractivity contribution in [1.29, 1.82) is 0 Å². The number of nitro groups is 1. The quantitative estimate of drug-likeness (QED) is 0.450. The Morgan fingerprint density at radius 2 is 1.71 bits per heavy atom. The molecule has 1 aromatic carbocycles. The summed E-state index contributed by atoms with van der Waals surface area (Å²) in [6.45, 7) is 0.800. The summed E-state index contributed by atoms with van der Waals surface area (Å²) in [6.07, 6.45) is 1.82. The van der Waals surface area contributed by atoms with Crippen LogP contribution in [0, 0.1) is 10.1 Å². The normalized spacial score (nSPS) is 13.5. The Hall–Kier alpha value is -2.97. The van der Waals surface area contributed by atoms with E-state index >= 15 is 0 Å². The van der Waals surface area contributed by atoms with Gasteiger partial charge >= 0.3 is 11.9 Å². The van der Waals surface area contributed by atoms with Gasteiger partial charge in [-0.05, 0) is 18.9 Å². The number of methoxy groups -OCH3 is 1. The van der Waals surface area contributed by atoms with Crippen molar-refractivity contribution >= 4 is 23.5 Å². The molecule has 0 radical (unpaired) electrons. The SMILES string of the molecule is COC(=O)c1cc(C(=O)OCC(=O)N2CCCC2)cc([N+](=O)[O-])c1. The minimum atomic E-state index is -0.920. The fourth-order valence-corrected chi connectivity index (χ4v) is 2.34. The Bertz CT molecular complexity index is 680. The smallest absolute Gasteiger partial charge is 0.338 e. The highest BCUT2D eigenvalue weighted by atomic mass is 16.6. The summed E-state index contributed by atoms with van der Waals surface area (Å²) in [6, 6.07) is 3.11. The van der Waals surface area contributed by atoms with E-state index in [0.29, 0.717) is 13.1 Å². The van der Waals surface area contributed by atoms with E-state index in [0.717, 1.165) is 38.2 Å². The van der Waals surface area contributed by atoms with Crippen molar-refractivity contribution in [2.75, 3.05) is 26.8 Å².